The number of benzene rings is 2. The van der Waals surface area contributed by atoms with E-state index in [0.29, 0.717) is 23.9 Å². The fourth-order valence-electron chi connectivity index (χ4n) is 7.53. The van der Waals surface area contributed by atoms with Crippen LogP contribution in [0.3, 0.4) is 0 Å². The van der Waals surface area contributed by atoms with Crippen LogP contribution in [0.2, 0.25) is 0 Å². The molecule has 2 aromatic carbocycles. The van der Waals surface area contributed by atoms with E-state index in [0.717, 1.165) is 43.2 Å². The molecule has 0 bridgehead atoms. The molecule has 5 rings (SSSR count). The Morgan fingerprint density at radius 2 is 1.53 bits per heavy atom. The fraction of sp³-hybridized carbons (Fsp3) is 0.538. The first kappa shape index (κ1) is 33.9. The topological polar surface area (TPSA) is 57.9 Å². The van der Waals surface area contributed by atoms with Gasteiger partial charge in [-0.1, -0.05) is 100 Å². The smallest absolute Gasteiger partial charge is 0.472 e. The van der Waals surface area contributed by atoms with E-state index < -0.39 is 7.82 Å². The highest BCUT2D eigenvalue weighted by Gasteiger charge is 2.47. The molecule has 1 saturated carbocycles. The summed E-state index contributed by atoms with van der Waals surface area (Å²) in [6, 6.07) is 21.6. The molecule has 6 heteroatoms. The van der Waals surface area contributed by atoms with Crippen molar-refractivity contribution in [1.29, 1.82) is 0 Å². The van der Waals surface area contributed by atoms with Crippen LogP contribution in [0.15, 0.2) is 95.3 Å². The molecule has 0 saturated heterocycles. The summed E-state index contributed by atoms with van der Waals surface area (Å²) in [5, 5.41) is 0. The summed E-state index contributed by atoms with van der Waals surface area (Å²) in [5.74, 6) is 1.53. The molecule has 1 fully saturated rings. The first-order valence-corrected chi connectivity index (χ1v) is 18.5. The minimum Gasteiger partial charge on any atom is -0.472 e. The predicted molar refractivity (Wildman–Crippen MR) is 181 cm³/mol. The number of hydrogen-bond donors (Lipinski definition) is 0. The van der Waals surface area contributed by atoms with Crippen LogP contribution >= 0.6 is 7.82 Å². The van der Waals surface area contributed by atoms with Crippen LogP contribution in [0.25, 0.3) is 0 Å². The van der Waals surface area contributed by atoms with Crippen molar-refractivity contribution in [3.05, 3.63) is 108 Å². The predicted octanol–water partition coefficient (Wildman–Crippen LogP) is 11.4. The summed E-state index contributed by atoms with van der Waals surface area (Å²) in [5.41, 5.74) is 5.29. The molecule has 0 radical (unpaired) electrons. The number of furan rings is 1. The highest BCUT2D eigenvalue weighted by molar-refractivity contribution is 7.48. The summed E-state index contributed by atoms with van der Waals surface area (Å²) in [6.07, 6.45) is 16.2. The van der Waals surface area contributed by atoms with Crippen molar-refractivity contribution in [2.24, 2.45) is 28.6 Å². The average molecular weight is 633 g/mol. The number of rotatable bonds is 16. The van der Waals surface area contributed by atoms with E-state index in [9.17, 15) is 4.57 Å². The molecule has 2 aliphatic rings. The summed E-state index contributed by atoms with van der Waals surface area (Å²) in [7, 11) is -3.84. The first-order chi connectivity index (χ1) is 21.7. The lowest BCUT2D eigenvalue weighted by Crippen LogP contribution is -2.43. The molecule has 4 atom stereocenters. The van der Waals surface area contributed by atoms with Gasteiger partial charge in [0.25, 0.3) is 0 Å². The Morgan fingerprint density at radius 3 is 2.16 bits per heavy atom. The van der Waals surface area contributed by atoms with Crippen LogP contribution < -0.4 is 0 Å². The van der Waals surface area contributed by atoms with Crippen LogP contribution in [-0.4, -0.2) is 6.61 Å². The van der Waals surface area contributed by atoms with Crippen LogP contribution in [0.4, 0.5) is 0 Å². The van der Waals surface area contributed by atoms with E-state index >= 15 is 0 Å². The maximum Gasteiger partial charge on any atom is 0.475 e. The number of fused-ring (bicyclic) bond motifs is 1. The molecule has 0 amide bonds. The van der Waals surface area contributed by atoms with Crippen molar-refractivity contribution in [3.63, 3.8) is 0 Å². The van der Waals surface area contributed by atoms with Gasteiger partial charge in [-0.15, -0.1) is 0 Å². The molecule has 0 aliphatic heterocycles. The van der Waals surface area contributed by atoms with Gasteiger partial charge >= 0.3 is 7.82 Å². The van der Waals surface area contributed by atoms with Crippen molar-refractivity contribution < 1.29 is 22.6 Å². The molecule has 1 heterocycles. The van der Waals surface area contributed by atoms with E-state index in [1.807, 2.05) is 73.0 Å². The zero-order chi connectivity index (χ0) is 31.8. The second kappa shape index (κ2) is 15.4. The van der Waals surface area contributed by atoms with Crippen LogP contribution in [0.5, 0.6) is 0 Å². The average Bonchev–Trinajstić information content (AvgIpc) is 3.57. The minimum atomic E-state index is -3.84. The normalized spacial score (nSPS) is 23.7. The van der Waals surface area contributed by atoms with E-state index in [-0.39, 0.29) is 24.5 Å². The molecule has 0 N–H and O–H groups in total. The zero-order valence-electron chi connectivity index (χ0n) is 27.8. The lowest BCUT2D eigenvalue weighted by molar-refractivity contribution is 0.0646. The Morgan fingerprint density at radius 1 is 0.867 bits per heavy atom. The van der Waals surface area contributed by atoms with Crippen LogP contribution in [-0.2, 0) is 37.8 Å². The van der Waals surface area contributed by atoms with Gasteiger partial charge in [0.2, 0.25) is 0 Å². The summed E-state index contributed by atoms with van der Waals surface area (Å²) >= 11 is 0. The third-order valence-electron chi connectivity index (χ3n) is 10.8. The van der Waals surface area contributed by atoms with Crippen molar-refractivity contribution in [2.75, 3.05) is 6.61 Å². The van der Waals surface area contributed by atoms with E-state index in [4.69, 9.17) is 18.0 Å². The molecule has 5 nitrogen and oxygen atoms in total. The molecule has 2 aliphatic carbocycles. The van der Waals surface area contributed by atoms with Gasteiger partial charge in [0, 0.05) is 0 Å². The van der Waals surface area contributed by atoms with Gasteiger partial charge < -0.3 is 4.42 Å². The Kier molecular flexibility index (Phi) is 11.6. The molecule has 1 unspecified atom stereocenters. The van der Waals surface area contributed by atoms with E-state index in [1.165, 1.54) is 31.2 Å². The van der Waals surface area contributed by atoms with E-state index in [1.54, 1.807) is 11.8 Å². The van der Waals surface area contributed by atoms with Crippen molar-refractivity contribution in [1.82, 2.24) is 0 Å². The van der Waals surface area contributed by atoms with Gasteiger partial charge in [-0.3, -0.25) is 13.6 Å². The molecule has 3 aromatic rings. The van der Waals surface area contributed by atoms with Crippen molar-refractivity contribution >= 4 is 7.82 Å². The Bertz CT molecular complexity index is 1340. The van der Waals surface area contributed by atoms with Crippen molar-refractivity contribution in [2.45, 2.75) is 98.7 Å². The largest absolute Gasteiger partial charge is 0.475 e. The molecule has 45 heavy (non-hydrogen) atoms. The molecule has 1 aromatic heterocycles. The maximum absolute atomic E-state index is 14.1. The first-order valence-electron chi connectivity index (χ1n) is 17.0. The molecule has 244 valence electrons. The minimum absolute atomic E-state index is 0.166. The van der Waals surface area contributed by atoms with Gasteiger partial charge in [0.1, 0.15) is 0 Å². The lowest BCUT2D eigenvalue weighted by atomic mass is 9.52. The highest BCUT2D eigenvalue weighted by atomic mass is 31.2. The zero-order valence-corrected chi connectivity index (χ0v) is 28.7. The quantitative estimate of drug-likeness (QED) is 0.116. The number of phosphoric acid groups is 1. The van der Waals surface area contributed by atoms with Crippen molar-refractivity contribution in [3.8, 4) is 0 Å². The second-order valence-electron chi connectivity index (χ2n) is 14.3. The third-order valence-corrected chi connectivity index (χ3v) is 12.1. The van der Waals surface area contributed by atoms with E-state index in [2.05, 4.69) is 33.8 Å². The SMILES string of the molecule is C[C@@H]1CC[C@@H]2C(=CCCC2(C)C)[C@]1(C)CCC(CCCc1ccoc1)COP(=O)(OCc1ccccc1)OCc1ccccc1. The van der Waals surface area contributed by atoms with Crippen LogP contribution in [0.1, 0.15) is 95.8 Å². The third kappa shape index (κ3) is 9.10. The molecule has 0 spiro atoms. The molecular weight excluding hydrogens is 579 g/mol. The van der Waals surface area contributed by atoms with Gasteiger partial charge in [0.15, 0.2) is 0 Å². The van der Waals surface area contributed by atoms with Gasteiger partial charge in [-0.25, -0.2) is 4.57 Å². The number of aryl methyl sites for hydroxylation is 1. The number of phosphoric ester groups is 1. The Labute approximate surface area is 271 Å². The Hall–Kier alpha value is -2.43. The monoisotopic (exact) mass is 632 g/mol. The van der Waals surface area contributed by atoms with Gasteiger partial charge in [-0.2, -0.15) is 0 Å². The fourth-order valence-corrected chi connectivity index (χ4v) is 8.77. The van der Waals surface area contributed by atoms with Gasteiger partial charge in [-0.05, 0) is 109 Å². The lowest BCUT2D eigenvalue weighted by Gasteiger charge is -2.53. The second-order valence-corrected chi connectivity index (χ2v) is 16.0. The summed E-state index contributed by atoms with van der Waals surface area (Å²) < 4.78 is 37.6. The highest BCUT2D eigenvalue weighted by Crippen LogP contribution is 2.58. The summed E-state index contributed by atoms with van der Waals surface area (Å²) in [4.78, 5) is 0. The standard InChI is InChI=1S/C39H53O5P/c1-31-20-21-36-37(19-12-24-38(36,2)3)39(31,4)25-22-34(17-11-18-35-23-26-41-27-35)30-44-45(40,42-28-32-13-7-5-8-14-32)43-29-33-15-9-6-10-16-33/h5-10,13-16,19,23,26-27,31,34,36H,11-12,17-18,20-22,24-25,28-30H2,1-4H3/t31-,34?,36-,39-/m1/s1. The Balaban J connectivity index is 1.29. The summed E-state index contributed by atoms with van der Waals surface area (Å²) in [6.45, 7) is 10.6. The number of allylic oxidation sites excluding steroid dienone is 2. The number of hydrogen-bond acceptors (Lipinski definition) is 5. The van der Waals surface area contributed by atoms with Crippen LogP contribution in [0, 0.1) is 28.6 Å². The maximum atomic E-state index is 14.1. The van der Waals surface area contributed by atoms with Gasteiger partial charge in [0.05, 0.1) is 32.3 Å². The molecular formula is C39H53O5P.